The summed E-state index contributed by atoms with van der Waals surface area (Å²) in [6.07, 6.45) is 0.514. The molecule has 0 aliphatic heterocycles. The van der Waals surface area contributed by atoms with Crippen LogP contribution < -0.4 is 10.3 Å². The molecule has 0 bridgehead atoms. The lowest BCUT2D eigenvalue weighted by Crippen LogP contribution is -2.30. The van der Waals surface area contributed by atoms with Gasteiger partial charge in [-0.25, -0.2) is 9.37 Å². The maximum atomic E-state index is 13.0. The van der Waals surface area contributed by atoms with Gasteiger partial charge in [0.25, 0.3) is 5.56 Å². The molecule has 0 saturated carbocycles. The van der Waals surface area contributed by atoms with E-state index in [-0.39, 0.29) is 24.5 Å². The van der Waals surface area contributed by atoms with Gasteiger partial charge in [0.2, 0.25) is 0 Å². The molecule has 29 heavy (non-hydrogen) atoms. The number of fused-ring (bicyclic) bond motifs is 1. The average Bonchev–Trinajstić information content (AvgIpc) is 3.15. The lowest BCUT2D eigenvalue weighted by molar-refractivity contribution is 0.0914. The average molecular weight is 475 g/mol. The van der Waals surface area contributed by atoms with Gasteiger partial charge in [-0.1, -0.05) is 28.1 Å². The Labute approximate surface area is 178 Å². The highest BCUT2D eigenvalue weighted by molar-refractivity contribution is 9.10. The number of ether oxygens (including phenoxy) is 1. The normalized spacial score (nSPS) is 12.2. The highest BCUT2D eigenvalue weighted by Gasteiger charge is 2.15. The van der Waals surface area contributed by atoms with Crippen LogP contribution in [0.3, 0.4) is 0 Å². The van der Waals surface area contributed by atoms with E-state index in [0.29, 0.717) is 16.0 Å². The summed E-state index contributed by atoms with van der Waals surface area (Å²) < 4.78 is 20.7. The zero-order valence-corrected chi connectivity index (χ0v) is 17.5. The molecule has 0 radical (unpaired) electrons. The van der Waals surface area contributed by atoms with E-state index in [2.05, 4.69) is 20.9 Å². The quantitative estimate of drug-likeness (QED) is 0.447. The molecular weight excluding hydrogens is 459 g/mol. The summed E-state index contributed by atoms with van der Waals surface area (Å²) in [6.45, 7) is 0.0118. The van der Waals surface area contributed by atoms with E-state index in [1.165, 1.54) is 46.5 Å². The number of benzene rings is 2. The van der Waals surface area contributed by atoms with Gasteiger partial charge in [-0.15, -0.1) is 11.3 Å². The fraction of sp³-hybridized carbons (Fsp3) is 0.143. The van der Waals surface area contributed by atoms with Crippen LogP contribution in [0.25, 0.3) is 21.3 Å². The fourth-order valence-corrected chi connectivity index (χ4v) is 4.11. The van der Waals surface area contributed by atoms with Gasteiger partial charge in [0.1, 0.15) is 29.1 Å². The summed E-state index contributed by atoms with van der Waals surface area (Å²) in [6, 6.07) is 13.2. The van der Waals surface area contributed by atoms with Crippen LogP contribution in [-0.2, 0) is 6.54 Å². The van der Waals surface area contributed by atoms with Crippen molar-refractivity contribution >= 4 is 37.5 Å². The third kappa shape index (κ3) is 4.39. The third-order valence-corrected chi connectivity index (χ3v) is 5.79. The van der Waals surface area contributed by atoms with E-state index in [9.17, 15) is 14.3 Å². The largest absolute Gasteiger partial charge is 0.491 e. The molecule has 0 spiro atoms. The number of hydrogen-bond donors (Lipinski definition) is 1. The molecule has 5 nitrogen and oxygen atoms in total. The van der Waals surface area contributed by atoms with E-state index in [1.807, 2.05) is 29.6 Å². The Morgan fingerprint density at radius 2 is 1.90 bits per heavy atom. The summed E-state index contributed by atoms with van der Waals surface area (Å²) in [4.78, 5) is 18.0. The predicted molar refractivity (Wildman–Crippen MR) is 115 cm³/mol. The molecule has 2 aromatic carbocycles. The number of hydrogen-bond acceptors (Lipinski definition) is 5. The van der Waals surface area contributed by atoms with Crippen molar-refractivity contribution in [2.45, 2.75) is 12.6 Å². The topological polar surface area (TPSA) is 64.4 Å². The van der Waals surface area contributed by atoms with Crippen LogP contribution in [0.2, 0.25) is 0 Å². The van der Waals surface area contributed by atoms with Gasteiger partial charge in [0.05, 0.1) is 18.3 Å². The lowest BCUT2D eigenvalue weighted by atomic mass is 10.1. The standard InChI is InChI=1S/C21H16BrFN2O3S/c22-14-3-1-13(2-4-14)18-11-29-20-19(18)21(27)25(12-24-20)9-16(26)10-28-17-7-5-15(23)6-8-17/h1-8,11-12,16,26H,9-10H2/t16-/m0/s1. The minimum absolute atomic E-state index is 0.0285. The van der Waals surface area contributed by atoms with Crippen LogP contribution in [0.5, 0.6) is 5.75 Å². The van der Waals surface area contributed by atoms with Crippen molar-refractivity contribution in [1.82, 2.24) is 9.55 Å². The first kappa shape index (κ1) is 19.8. The van der Waals surface area contributed by atoms with Gasteiger partial charge in [-0.05, 0) is 42.0 Å². The lowest BCUT2D eigenvalue weighted by Gasteiger charge is -2.14. The van der Waals surface area contributed by atoms with Crippen molar-refractivity contribution in [1.29, 1.82) is 0 Å². The molecule has 8 heteroatoms. The first-order valence-electron chi connectivity index (χ1n) is 8.80. The Morgan fingerprint density at radius 1 is 1.17 bits per heavy atom. The second-order valence-corrected chi connectivity index (χ2v) is 8.23. The second kappa shape index (κ2) is 8.44. The highest BCUT2D eigenvalue weighted by Crippen LogP contribution is 2.31. The van der Waals surface area contributed by atoms with Crippen molar-refractivity contribution in [2.75, 3.05) is 6.61 Å². The molecule has 0 amide bonds. The van der Waals surface area contributed by atoms with Crippen molar-refractivity contribution in [3.63, 3.8) is 0 Å². The zero-order chi connectivity index (χ0) is 20.4. The number of nitrogens with zero attached hydrogens (tertiary/aromatic N) is 2. The summed E-state index contributed by atoms with van der Waals surface area (Å²) >= 11 is 4.82. The van der Waals surface area contributed by atoms with Crippen LogP contribution in [0.1, 0.15) is 0 Å². The molecule has 4 rings (SSSR count). The molecule has 2 aromatic heterocycles. The van der Waals surface area contributed by atoms with Crippen molar-refractivity contribution in [3.05, 3.63) is 80.9 Å². The number of aliphatic hydroxyl groups is 1. The predicted octanol–water partition coefficient (Wildman–Crippen LogP) is 4.47. The van der Waals surface area contributed by atoms with Gasteiger partial charge in [-0.2, -0.15) is 0 Å². The molecule has 4 aromatic rings. The van der Waals surface area contributed by atoms with E-state index in [1.54, 1.807) is 0 Å². The summed E-state index contributed by atoms with van der Waals surface area (Å²) in [5.41, 5.74) is 1.53. The Balaban J connectivity index is 1.55. The van der Waals surface area contributed by atoms with Crippen LogP contribution in [0.4, 0.5) is 4.39 Å². The van der Waals surface area contributed by atoms with Crippen LogP contribution in [0, 0.1) is 5.82 Å². The van der Waals surface area contributed by atoms with Gasteiger partial charge in [0.15, 0.2) is 0 Å². The zero-order valence-electron chi connectivity index (χ0n) is 15.1. The van der Waals surface area contributed by atoms with Crippen LogP contribution >= 0.6 is 27.3 Å². The number of aromatic nitrogens is 2. The molecule has 1 N–H and O–H groups in total. The fourth-order valence-electron chi connectivity index (χ4n) is 2.94. The van der Waals surface area contributed by atoms with E-state index < -0.39 is 6.10 Å². The van der Waals surface area contributed by atoms with E-state index >= 15 is 0 Å². The monoisotopic (exact) mass is 474 g/mol. The van der Waals surface area contributed by atoms with Crippen molar-refractivity contribution in [3.8, 4) is 16.9 Å². The summed E-state index contributed by atoms with van der Waals surface area (Å²) in [5.74, 6) is 0.0860. The minimum atomic E-state index is -0.924. The Kier molecular flexibility index (Phi) is 5.75. The maximum absolute atomic E-state index is 13.0. The molecule has 0 fully saturated rings. The molecule has 0 aliphatic rings. The number of aliphatic hydroxyl groups excluding tert-OH is 1. The molecule has 1 atom stereocenters. The highest BCUT2D eigenvalue weighted by atomic mass is 79.9. The first-order chi connectivity index (χ1) is 14.0. The maximum Gasteiger partial charge on any atom is 0.262 e. The molecule has 0 unspecified atom stereocenters. The molecule has 2 heterocycles. The third-order valence-electron chi connectivity index (χ3n) is 4.38. The number of thiophene rings is 1. The Bertz CT molecular complexity index is 1190. The second-order valence-electron chi connectivity index (χ2n) is 6.46. The number of halogens is 2. The van der Waals surface area contributed by atoms with Crippen LogP contribution in [0.15, 0.2) is 69.5 Å². The SMILES string of the molecule is O=c1c2c(-c3ccc(Br)cc3)csc2ncn1C[C@H](O)COc1ccc(F)cc1. The molecule has 0 saturated heterocycles. The van der Waals surface area contributed by atoms with E-state index in [4.69, 9.17) is 4.74 Å². The van der Waals surface area contributed by atoms with Crippen molar-refractivity contribution < 1.29 is 14.2 Å². The van der Waals surface area contributed by atoms with Gasteiger partial charge >= 0.3 is 0 Å². The summed E-state index contributed by atoms with van der Waals surface area (Å²) in [5, 5.41) is 12.7. The van der Waals surface area contributed by atoms with E-state index in [0.717, 1.165) is 15.6 Å². The Morgan fingerprint density at radius 3 is 2.62 bits per heavy atom. The minimum Gasteiger partial charge on any atom is -0.491 e. The Hall–Kier alpha value is -2.55. The molecular formula is C21H16BrFN2O3S. The van der Waals surface area contributed by atoms with Gasteiger partial charge in [-0.3, -0.25) is 9.36 Å². The first-order valence-corrected chi connectivity index (χ1v) is 10.5. The number of rotatable bonds is 6. The van der Waals surface area contributed by atoms with Gasteiger partial charge < -0.3 is 9.84 Å². The van der Waals surface area contributed by atoms with Crippen LogP contribution in [-0.4, -0.2) is 27.4 Å². The smallest absolute Gasteiger partial charge is 0.262 e. The molecule has 0 aliphatic carbocycles. The van der Waals surface area contributed by atoms with Gasteiger partial charge in [0, 0.05) is 15.4 Å². The summed E-state index contributed by atoms with van der Waals surface area (Å²) in [7, 11) is 0. The van der Waals surface area contributed by atoms with Crippen molar-refractivity contribution in [2.24, 2.45) is 0 Å². The molecule has 148 valence electrons.